The Bertz CT molecular complexity index is 268. The first-order valence-electron chi connectivity index (χ1n) is 3.28. The van der Waals surface area contributed by atoms with Gasteiger partial charge in [-0.3, -0.25) is 0 Å². The minimum Gasteiger partial charge on any atom is -0.507 e. The molecule has 2 heteroatoms. The molecular formula is C9H9ClO. The van der Waals surface area contributed by atoms with Crippen molar-refractivity contribution in [2.75, 3.05) is 0 Å². The van der Waals surface area contributed by atoms with Crippen molar-refractivity contribution in [1.29, 1.82) is 0 Å². The van der Waals surface area contributed by atoms with Crippen LogP contribution >= 0.6 is 11.6 Å². The molecule has 0 aliphatic rings. The number of phenolic OH excluding ortho intramolecular Hbond substituents is 1. The maximum atomic E-state index is 9.29. The number of phenols is 1. The van der Waals surface area contributed by atoms with Crippen LogP contribution in [0.1, 0.15) is 11.1 Å². The number of alkyl halides is 1. The van der Waals surface area contributed by atoms with Crippen LogP contribution in [0.4, 0.5) is 0 Å². The van der Waals surface area contributed by atoms with Gasteiger partial charge < -0.3 is 5.11 Å². The lowest BCUT2D eigenvalue weighted by Crippen LogP contribution is -1.79. The molecule has 0 saturated heterocycles. The van der Waals surface area contributed by atoms with Crippen LogP contribution in [0.3, 0.4) is 0 Å². The molecule has 0 bridgehead atoms. The number of halogens is 1. The van der Waals surface area contributed by atoms with E-state index in [1.54, 1.807) is 18.2 Å². The molecule has 0 amide bonds. The molecule has 0 radical (unpaired) electrons. The van der Waals surface area contributed by atoms with E-state index in [-0.39, 0.29) is 5.75 Å². The van der Waals surface area contributed by atoms with E-state index in [9.17, 15) is 5.11 Å². The molecule has 0 aliphatic carbocycles. The predicted octanol–water partition coefficient (Wildman–Crippen LogP) is 2.77. The van der Waals surface area contributed by atoms with E-state index >= 15 is 0 Å². The van der Waals surface area contributed by atoms with E-state index in [2.05, 4.69) is 6.58 Å². The number of hydrogen-bond donors (Lipinski definition) is 1. The van der Waals surface area contributed by atoms with E-state index < -0.39 is 0 Å². The number of rotatable bonds is 2. The third-order valence-electron chi connectivity index (χ3n) is 1.47. The summed E-state index contributed by atoms with van der Waals surface area (Å²) >= 11 is 5.56. The second-order valence-electron chi connectivity index (χ2n) is 2.23. The first kappa shape index (κ1) is 8.15. The van der Waals surface area contributed by atoms with Crippen LogP contribution < -0.4 is 0 Å². The molecule has 11 heavy (non-hydrogen) atoms. The Hall–Kier alpha value is -0.950. The molecule has 0 atom stereocenters. The van der Waals surface area contributed by atoms with Crippen LogP contribution in [0.5, 0.6) is 5.75 Å². The summed E-state index contributed by atoms with van der Waals surface area (Å²) in [5.74, 6) is 0.656. The van der Waals surface area contributed by atoms with Crippen LogP contribution in [0, 0.1) is 0 Å². The Morgan fingerprint density at radius 1 is 1.55 bits per heavy atom. The number of benzene rings is 1. The molecule has 0 unspecified atom stereocenters. The van der Waals surface area contributed by atoms with Gasteiger partial charge >= 0.3 is 0 Å². The summed E-state index contributed by atoms with van der Waals surface area (Å²) in [4.78, 5) is 0. The van der Waals surface area contributed by atoms with Crippen molar-refractivity contribution in [3.8, 4) is 5.75 Å². The second-order valence-corrected chi connectivity index (χ2v) is 2.50. The highest BCUT2D eigenvalue weighted by molar-refractivity contribution is 6.17. The van der Waals surface area contributed by atoms with E-state index in [1.807, 2.05) is 6.07 Å². The van der Waals surface area contributed by atoms with Gasteiger partial charge in [0, 0.05) is 11.4 Å². The molecule has 1 aromatic carbocycles. The average molecular weight is 169 g/mol. The zero-order valence-electron chi connectivity index (χ0n) is 6.05. The van der Waals surface area contributed by atoms with E-state index in [4.69, 9.17) is 11.6 Å². The van der Waals surface area contributed by atoms with Crippen LogP contribution in [0.25, 0.3) is 6.08 Å². The lowest BCUT2D eigenvalue weighted by molar-refractivity contribution is 0.473. The molecule has 1 aromatic rings. The summed E-state index contributed by atoms with van der Waals surface area (Å²) in [6.07, 6.45) is 1.60. The fourth-order valence-corrected chi connectivity index (χ4v) is 1.01. The monoisotopic (exact) mass is 168 g/mol. The van der Waals surface area contributed by atoms with Crippen LogP contribution in [-0.4, -0.2) is 5.11 Å². The van der Waals surface area contributed by atoms with Gasteiger partial charge in [0.15, 0.2) is 0 Å². The summed E-state index contributed by atoms with van der Waals surface area (Å²) in [6.45, 7) is 3.55. The third-order valence-corrected chi connectivity index (χ3v) is 1.78. The molecule has 1 N–H and O–H groups in total. The maximum absolute atomic E-state index is 9.29. The van der Waals surface area contributed by atoms with E-state index in [0.29, 0.717) is 5.88 Å². The molecule has 0 aliphatic heterocycles. The molecule has 0 saturated carbocycles. The van der Waals surface area contributed by atoms with Crippen molar-refractivity contribution in [2.24, 2.45) is 0 Å². The van der Waals surface area contributed by atoms with Crippen molar-refractivity contribution in [3.63, 3.8) is 0 Å². The van der Waals surface area contributed by atoms with Crippen molar-refractivity contribution < 1.29 is 5.11 Å². The third kappa shape index (κ3) is 1.75. The Morgan fingerprint density at radius 2 is 2.27 bits per heavy atom. The lowest BCUT2D eigenvalue weighted by atomic mass is 10.1. The smallest absolute Gasteiger partial charge is 0.123 e. The van der Waals surface area contributed by atoms with Gasteiger partial charge in [-0.25, -0.2) is 0 Å². The maximum Gasteiger partial charge on any atom is 0.123 e. The van der Waals surface area contributed by atoms with E-state index in [1.165, 1.54) is 0 Å². The highest BCUT2D eigenvalue weighted by atomic mass is 35.5. The van der Waals surface area contributed by atoms with Gasteiger partial charge in [0.2, 0.25) is 0 Å². The molecular weight excluding hydrogens is 160 g/mol. The first-order chi connectivity index (χ1) is 5.27. The summed E-state index contributed by atoms with van der Waals surface area (Å²) in [7, 11) is 0. The normalized spacial score (nSPS) is 9.55. The molecule has 0 spiro atoms. The summed E-state index contributed by atoms with van der Waals surface area (Å²) in [6, 6.07) is 5.30. The summed E-state index contributed by atoms with van der Waals surface area (Å²) in [5.41, 5.74) is 1.65. The topological polar surface area (TPSA) is 20.2 Å². The Morgan fingerprint density at radius 3 is 2.73 bits per heavy atom. The summed E-state index contributed by atoms with van der Waals surface area (Å²) in [5, 5.41) is 9.29. The highest BCUT2D eigenvalue weighted by Gasteiger charge is 1.97. The van der Waals surface area contributed by atoms with Gasteiger partial charge in [-0.1, -0.05) is 24.8 Å². The standard InChI is InChI=1S/C9H9ClO/c1-2-8-4-3-7(6-10)5-9(8)11/h2-5,11H,1,6H2. The molecule has 0 aromatic heterocycles. The van der Waals surface area contributed by atoms with Crippen molar-refractivity contribution in [3.05, 3.63) is 35.9 Å². The predicted molar refractivity (Wildman–Crippen MR) is 47.8 cm³/mol. The molecule has 0 heterocycles. The quantitative estimate of drug-likeness (QED) is 0.674. The number of hydrogen-bond acceptors (Lipinski definition) is 1. The van der Waals surface area contributed by atoms with Crippen LogP contribution in [-0.2, 0) is 5.88 Å². The van der Waals surface area contributed by atoms with Gasteiger partial charge in [-0.15, -0.1) is 11.6 Å². The lowest BCUT2D eigenvalue weighted by Gasteiger charge is -1.99. The van der Waals surface area contributed by atoms with Crippen molar-refractivity contribution in [1.82, 2.24) is 0 Å². The minimum absolute atomic E-state index is 0.234. The van der Waals surface area contributed by atoms with Crippen LogP contribution in [0.2, 0.25) is 0 Å². The second kappa shape index (κ2) is 3.44. The van der Waals surface area contributed by atoms with E-state index in [0.717, 1.165) is 11.1 Å². The number of aromatic hydroxyl groups is 1. The summed E-state index contributed by atoms with van der Waals surface area (Å²) < 4.78 is 0. The zero-order chi connectivity index (χ0) is 8.27. The Kier molecular flexibility index (Phi) is 2.55. The minimum atomic E-state index is 0.234. The van der Waals surface area contributed by atoms with Crippen molar-refractivity contribution >= 4 is 17.7 Å². The fourth-order valence-electron chi connectivity index (χ4n) is 0.845. The van der Waals surface area contributed by atoms with Gasteiger partial charge in [-0.2, -0.15) is 0 Å². The van der Waals surface area contributed by atoms with Crippen LogP contribution in [0.15, 0.2) is 24.8 Å². The van der Waals surface area contributed by atoms with Gasteiger partial charge in [0.1, 0.15) is 5.75 Å². The Labute approximate surface area is 70.9 Å². The highest BCUT2D eigenvalue weighted by Crippen LogP contribution is 2.20. The van der Waals surface area contributed by atoms with Gasteiger partial charge in [-0.05, 0) is 11.6 Å². The largest absolute Gasteiger partial charge is 0.507 e. The fraction of sp³-hybridized carbons (Fsp3) is 0.111. The van der Waals surface area contributed by atoms with Crippen molar-refractivity contribution in [2.45, 2.75) is 5.88 Å². The zero-order valence-corrected chi connectivity index (χ0v) is 6.80. The Balaban J connectivity index is 3.09. The molecule has 58 valence electrons. The molecule has 1 rings (SSSR count). The van der Waals surface area contributed by atoms with Gasteiger partial charge in [0.25, 0.3) is 0 Å². The molecule has 0 fully saturated rings. The molecule has 1 nitrogen and oxygen atoms in total. The van der Waals surface area contributed by atoms with Gasteiger partial charge in [0.05, 0.1) is 0 Å². The first-order valence-corrected chi connectivity index (χ1v) is 3.81. The average Bonchev–Trinajstić information content (AvgIpc) is 2.04. The SMILES string of the molecule is C=Cc1ccc(CCl)cc1O.